The minimum Gasteiger partial charge on any atom is -0.543 e. The van der Waals surface area contributed by atoms with Crippen molar-refractivity contribution in [3.63, 3.8) is 0 Å². The number of aromatic carboxylic acids is 1. The van der Waals surface area contributed by atoms with Gasteiger partial charge in [0, 0.05) is 11.3 Å². The van der Waals surface area contributed by atoms with E-state index in [2.05, 4.69) is 10.1 Å². The highest BCUT2D eigenvalue weighted by molar-refractivity contribution is 5.87. The van der Waals surface area contributed by atoms with Gasteiger partial charge in [0.25, 0.3) is 0 Å². The van der Waals surface area contributed by atoms with Crippen LogP contribution in [0.2, 0.25) is 0 Å². The standard InChI is InChI=1S/C17H17N3O2/c1-10(2)14-9-13(17(21)22)18-16-15(11(3)19-20(14)16)12-7-5-4-6-8-12/h4-10H,1-3H3,(H,21,22)/p-1. The highest BCUT2D eigenvalue weighted by atomic mass is 16.4. The molecule has 0 saturated heterocycles. The van der Waals surface area contributed by atoms with Gasteiger partial charge in [-0.3, -0.25) is 0 Å². The van der Waals surface area contributed by atoms with Gasteiger partial charge in [-0.2, -0.15) is 5.10 Å². The van der Waals surface area contributed by atoms with Crippen LogP contribution in [0.3, 0.4) is 0 Å². The van der Waals surface area contributed by atoms with Crippen molar-refractivity contribution in [3.8, 4) is 11.1 Å². The zero-order valence-corrected chi connectivity index (χ0v) is 12.7. The smallest absolute Gasteiger partial charge is 0.164 e. The summed E-state index contributed by atoms with van der Waals surface area (Å²) in [7, 11) is 0. The van der Waals surface area contributed by atoms with E-state index in [4.69, 9.17) is 0 Å². The molecular formula is C17H16N3O2-. The normalized spacial score (nSPS) is 11.3. The number of nitrogens with zero attached hydrogens (tertiary/aromatic N) is 3. The Bertz CT molecular complexity index is 851. The second-order valence-electron chi connectivity index (χ2n) is 5.57. The Kier molecular flexibility index (Phi) is 3.41. The van der Waals surface area contributed by atoms with E-state index in [1.54, 1.807) is 4.52 Å². The Balaban J connectivity index is 2.39. The largest absolute Gasteiger partial charge is 0.543 e. The maximum atomic E-state index is 11.3. The SMILES string of the molecule is Cc1nn2c(C(C)C)cc(C(=O)[O-])nc2c1-c1ccccc1. The van der Waals surface area contributed by atoms with E-state index in [1.807, 2.05) is 51.1 Å². The van der Waals surface area contributed by atoms with Gasteiger partial charge < -0.3 is 9.90 Å². The van der Waals surface area contributed by atoms with E-state index in [-0.39, 0.29) is 11.6 Å². The first-order valence-corrected chi connectivity index (χ1v) is 7.16. The van der Waals surface area contributed by atoms with Crippen molar-refractivity contribution in [3.05, 3.63) is 53.5 Å². The number of carbonyl (C=O) groups excluding carboxylic acids is 1. The summed E-state index contributed by atoms with van der Waals surface area (Å²) in [6, 6.07) is 11.3. The maximum Gasteiger partial charge on any atom is 0.164 e. The van der Waals surface area contributed by atoms with Gasteiger partial charge in [0.15, 0.2) is 5.65 Å². The van der Waals surface area contributed by atoms with Crippen LogP contribution < -0.4 is 5.11 Å². The van der Waals surface area contributed by atoms with Crippen molar-refractivity contribution in [1.82, 2.24) is 14.6 Å². The van der Waals surface area contributed by atoms with Crippen LogP contribution in [-0.2, 0) is 0 Å². The zero-order valence-electron chi connectivity index (χ0n) is 12.7. The lowest BCUT2D eigenvalue weighted by Gasteiger charge is -2.11. The van der Waals surface area contributed by atoms with Crippen molar-refractivity contribution in [2.24, 2.45) is 0 Å². The maximum absolute atomic E-state index is 11.3. The van der Waals surface area contributed by atoms with Crippen LogP contribution in [-0.4, -0.2) is 20.6 Å². The zero-order chi connectivity index (χ0) is 15.9. The molecule has 0 aliphatic rings. The lowest BCUT2D eigenvalue weighted by atomic mass is 10.1. The van der Waals surface area contributed by atoms with Crippen LogP contribution >= 0.6 is 0 Å². The van der Waals surface area contributed by atoms with E-state index >= 15 is 0 Å². The first-order valence-electron chi connectivity index (χ1n) is 7.16. The van der Waals surface area contributed by atoms with E-state index in [0.29, 0.717) is 5.65 Å². The molecular weight excluding hydrogens is 278 g/mol. The Morgan fingerprint density at radius 1 is 1.23 bits per heavy atom. The molecule has 112 valence electrons. The number of carbonyl (C=O) groups is 1. The van der Waals surface area contributed by atoms with Gasteiger partial charge in [-0.15, -0.1) is 0 Å². The third kappa shape index (κ3) is 2.24. The summed E-state index contributed by atoms with van der Waals surface area (Å²) >= 11 is 0. The van der Waals surface area contributed by atoms with E-state index in [0.717, 1.165) is 22.5 Å². The molecule has 22 heavy (non-hydrogen) atoms. The number of carboxylic acid groups (broad SMARTS) is 1. The molecule has 0 fully saturated rings. The molecule has 0 atom stereocenters. The third-order valence-electron chi connectivity index (χ3n) is 3.65. The predicted molar refractivity (Wildman–Crippen MR) is 81.6 cm³/mol. The number of fused-ring (bicyclic) bond motifs is 1. The van der Waals surface area contributed by atoms with Gasteiger partial charge in [-0.1, -0.05) is 44.2 Å². The topological polar surface area (TPSA) is 70.3 Å². The summed E-state index contributed by atoms with van der Waals surface area (Å²) in [5, 5.41) is 15.8. The molecule has 3 aromatic rings. The first kappa shape index (κ1) is 14.3. The Hall–Kier alpha value is -2.69. The number of aryl methyl sites for hydroxylation is 1. The lowest BCUT2D eigenvalue weighted by molar-refractivity contribution is -0.255. The molecule has 3 rings (SSSR count). The molecule has 0 amide bonds. The summed E-state index contributed by atoms with van der Waals surface area (Å²) < 4.78 is 1.73. The lowest BCUT2D eigenvalue weighted by Crippen LogP contribution is -2.24. The fraction of sp³-hybridized carbons (Fsp3) is 0.235. The van der Waals surface area contributed by atoms with Gasteiger partial charge >= 0.3 is 0 Å². The van der Waals surface area contributed by atoms with E-state index < -0.39 is 5.97 Å². The predicted octanol–water partition coefficient (Wildman–Crippen LogP) is 2.19. The van der Waals surface area contributed by atoms with Crippen LogP contribution in [0.4, 0.5) is 0 Å². The molecule has 0 aliphatic carbocycles. The number of rotatable bonds is 3. The van der Waals surface area contributed by atoms with E-state index in [1.165, 1.54) is 6.07 Å². The number of benzene rings is 1. The number of hydrogen-bond acceptors (Lipinski definition) is 4. The first-order chi connectivity index (χ1) is 10.5. The molecule has 2 aromatic heterocycles. The monoisotopic (exact) mass is 294 g/mol. The highest BCUT2D eigenvalue weighted by Gasteiger charge is 2.18. The summed E-state index contributed by atoms with van der Waals surface area (Å²) in [5.41, 5.74) is 3.92. The summed E-state index contributed by atoms with van der Waals surface area (Å²) in [4.78, 5) is 15.5. The molecule has 2 heterocycles. The summed E-state index contributed by atoms with van der Waals surface area (Å²) in [6.45, 7) is 5.89. The van der Waals surface area contributed by atoms with Gasteiger partial charge in [-0.05, 0) is 24.5 Å². The van der Waals surface area contributed by atoms with Crippen molar-refractivity contribution in [2.45, 2.75) is 26.7 Å². The van der Waals surface area contributed by atoms with Crippen molar-refractivity contribution in [1.29, 1.82) is 0 Å². The van der Waals surface area contributed by atoms with E-state index in [9.17, 15) is 9.90 Å². The fourth-order valence-corrected chi connectivity index (χ4v) is 2.60. The molecule has 0 spiro atoms. The molecule has 0 bridgehead atoms. The number of hydrogen-bond donors (Lipinski definition) is 0. The molecule has 5 nitrogen and oxygen atoms in total. The van der Waals surface area contributed by atoms with Crippen LogP contribution in [0.5, 0.6) is 0 Å². The number of aromatic nitrogens is 3. The second kappa shape index (κ2) is 5.26. The fourth-order valence-electron chi connectivity index (χ4n) is 2.60. The Morgan fingerprint density at radius 2 is 1.91 bits per heavy atom. The molecule has 1 aromatic carbocycles. The second-order valence-corrected chi connectivity index (χ2v) is 5.57. The van der Waals surface area contributed by atoms with Crippen LogP contribution in [0, 0.1) is 6.92 Å². The van der Waals surface area contributed by atoms with Crippen molar-refractivity contribution >= 4 is 11.6 Å². The van der Waals surface area contributed by atoms with Gasteiger partial charge in [0.05, 0.1) is 17.4 Å². The average Bonchev–Trinajstić information content (AvgIpc) is 2.82. The highest BCUT2D eigenvalue weighted by Crippen LogP contribution is 2.29. The number of carboxylic acids is 1. The Morgan fingerprint density at radius 3 is 2.50 bits per heavy atom. The minimum absolute atomic E-state index is 0.0618. The molecule has 0 saturated carbocycles. The van der Waals surface area contributed by atoms with Gasteiger partial charge in [0.2, 0.25) is 0 Å². The minimum atomic E-state index is -1.28. The van der Waals surface area contributed by atoms with Gasteiger partial charge in [0.1, 0.15) is 0 Å². The summed E-state index contributed by atoms with van der Waals surface area (Å²) in [5.74, 6) is -1.16. The van der Waals surface area contributed by atoms with Crippen LogP contribution in [0.15, 0.2) is 36.4 Å². The Labute approximate surface area is 128 Å². The molecule has 0 aliphatic heterocycles. The third-order valence-corrected chi connectivity index (χ3v) is 3.65. The average molecular weight is 294 g/mol. The molecule has 5 heteroatoms. The van der Waals surface area contributed by atoms with Crippen molar-refractivity contribution in [2.75, 3.05) is 0 Å². The summed E-state index contributed by atoms with van der Waals surface area (Å²) in [6.07, 6.45) is 0. The quantitative estimate of drug-likeness (QED) is 0.742. The van der Waals surface area contributed by atoms with Crippen molar-refractivity contribution < 1.29 is 9.90 Å². The molecule has 0 unspecified atom stereocenters. The molecule has 0 N–H and O–H groups in total. The van der Waals surface area contributed by atoms with Gasteiger partial charge in [-0.25, -0.2) is 9.50 Å². The van der Waals surface area contributed by atoms with Crippen LogP contribution in [0.25, 0.3) is 16.8 Å². The van der Waals surface area contributed by atoms with Crippen LogP contribution in [0.1, 0.15) is 41.6 Å². The molecule has 0 radical (unpaired) electrons.